The van der Waals surface area contributed by atoms with Crippen LogP contribution in [-0.4, -0.2) is 39.9 Å². The van der Waals surface area contributed by atoms with Gasteiger partial charge in [-0.1, -0.05) is 79.2 Å². The van der Waals surface area contributed by atoms with Crippen LogP contribution in [-0.2, 0) is 32.2 Å². The molecule has 1 fully saturated rings. The van der Waals surface area contributed by atoms with Crippen molar-refractivity contribution in [3.05, 3.63) is 149 Å². The van der Waals surface area contributed by atoms with Crippen molar-refractivity contribution in [1.82, 2.24) is 5.32 Å². The van der Waals surface area contributed by atoms with Gasteiger partial charge in [-0.15, -0.1) is 11.8 Å². The Kier molecular flexibility index (Phi) is 14.3. The van der Waals surface area contributed by atoms with Crippen molar-refractivity contribution in [2.24, 2.45) is 0 Å². The summed E-state index contributed by atoms with van der Waals surface area (Å²) in [5, 5.41) is 24.7. The van der Waals surface area contributed by atoms with Crippen molar-refractivity contribution in [1.29, 1.82) is 0 Å². The van der Waals surface area contributed by atoms with Gasteiger partial charge in [0, 0.05) is 42.0 Å². The lowest BCUT2D eigenvalue weighted by Crippen LogP contribution is -2.31. The number of anilines is 2. The Hall–Kier alpha value is -5.46. The fraction of sp³-hybridized carbons (Fsp3) is 0.267. The summed E-state index contributed by atoms with van der Waals surface area (Å²) in [5.74, 6) is -0.432. The van der Waals surface area contributed by atoms with Crippen LogP contribution >= 0.6 is 11.8 Å². The highest BCUT2D eigenvalue weighted by molar-refractivity contribution is 7.99. The van der Waals surface area contributed by atoms with Gasteiger partial charge in [0.05, 0.1) is 35.8 Å². The third-order valence-electron chi connectivity index (χ3n) is 9.60. The summed E-state index contributed by atoms with van der Waals surface area (Å²) in [6.45, 7) is 0.366. The van der Waals surface area contributed by atoms with Gasteiger partial charge in [-0.25, -0.2) is 4.79 Å². The minimum Gasteiger partial charge on any atom is -0.478 e. The first-order valence-corrected chi connectivity index (χ1v) is 19.8. The lowest BCUT2D eigenvalue weighted by atomic mass is 9.99. The number of hydrogen-bond acceptors (Lipinski definition) is 8. The number of ether oxygens (including phenoxy) is 2. The van der Waals surface area contributed by atoms with Gasteiger partial charge in [-0.3, -0.25) is 9.59 Å². The molecule has 0 spiro atoms. The van der Waals surface area contributed by atoms with Crippen LogP contribution < -0.4 is 16.4 Å². The van der Waals surface area contributed by atoms with E-state index in [4.69, 9.17) is 15.2 Å². The first kappa shape index (κ1) is 40.2. The van der Waals surface area contributed by atoms with Crippen molar-refractivity contribution in [3.8, 4) is 11.1 Å². The number of nitrogen functional groups attached to an aromatic ring is 1. The maximum absolute atomic E-state index is 12.7. The van der Waals surface area contributed by atoms with E-state index in [-0.39, 0.29) is 36.2 Å². The topological polar surface area (TPSA) is 160 Å². The fourth-order valence-electron chi connectivity index (χ4n) is 6.49. The van der Waals surface area contributed by atoms with E-state index in [0.29, 0.717) is 55.8 Å². The summed E-state index contributed by atoms with van der Waals surface area (Å²) in [6.07, 6.45) is 2.51. The number of carbonyl (C=O) groups is 3. The van der Waals surface area contributed by atoms with Gasteiger partial charge in [0.2, 0.25) is 11.8 Å². The van der Waals surface area contributed by atoms with E-state index in [1.807, 2.05) is 84.9 Å². The molecule has 1 aliphatic rings. The Labute approximate surface area is 331 Å². The summed E-state index contributed by atoms with van der Waals surface area (Å²) in [5.41, 5.74) is 13.0. The number of hydrogen-bond donors (Lipinski definition) is 5. The predicted molar refractivity (Wildman–Crippen MR) is 219 cm³/mol. The highest BCUT2D eigenvalue weighted by Crippen LogP contribution is 2.40. The van der Waals surface area contributed by atoms with Gasteiger partial charge in [-0.05, 0) is 89.2 Å². The molecule has 6 rings (SSSR count). The summed E-state index contributed by atoms with van der Waals surface area (Å²) in [4.78, 5) is 37.2. The van der Waals surface area contributed by atoms with Gasteiger partial charge in [0.1, 0.15) is 0 Å². The molecule has 1 aliphatic heterocycles. The monoisotopic (exact) mass is 773 g/mol. The maximum Gasteiger partial charge on any atom is 0.335 e. The average Bonchev–Trinajstić information content (AvgIpc) is 3.23. The number of nitrogens with two attached hydrogens (primary N) is 1. The Balaban J connectivity index is 1.04. The number of nitrogens with one attached hydrogen (secondary N) is 2. The fourth-order valence-corrected chi connectivity index (χ4v) is 7.41. The highest BCUT2D eigenvalue weighted by Gasteiger charge is 2.32. The van der Waals surface area contributed by atoms with Crippen molar-refractivity contribution in [2.45, 2.75) is 75.1 Å². The largest absolute Gasteiger partial charge is 0.478 e. The van der Waals surface area contributed by atoms with E-state index in [2.05, 4.69) is 22.8 Å². The molecular formula is C45H47N3O7S. The Bertz CT molecular complexity index is 2090. The number of aromatic carboxylic acids is 1. The van der Waals surface area contributed by atoms with Gasteiger partial charge in [-0.2, -0.15) is 0 Å². The molecule has 0 saturated carbocycles. The standard InChI is InChI=1S/C45H47N3O7S/c46-39-12-4-5-13-40(39)48-43(51)15-3-1-2-14-42(50)47-27-31-8-6-9-34(24-31)35-10-7-11-36(25-35)45-54-37(29-56-38-22-20-33(21-23-38)44(52)53)26-41(55-45)32-18-16-30(28-49)17-19-32/h4-13,16-25,37,41,45,49H,1-3,14-15,26-29,46H2,(H,47,50)(H,48,51)(H,52,53). The number of aliphatic hydroxyl groups excluding tert-OH is 1. The number of para-hydroxylation sites is 2. The summed E-state index contributed by atoms with van der Waals surface area (Å²) >= 11 is 1.61. The van der Waals surface area contributed by atoms with E-state index in [0.717, 1.165) is 44.7 Å². The zero-order valence-electron chi connectivity index (χ0n) is 31.1. The molecule has 0 radical (unpaired) electrons. The number of thioether (sulfide) groups is 1. The second-order valence-electron chi connectivity index (χ2n) is 13.8. The number of unbranched alkanes of at least 4 members (excludes halogenated alkanes) is 2. The van der Waals surface area contributed by atoms with Gasteiger partial charge in [0.15, 0.2) is 6.29 Å². The Morgan fingerprint density at radius 2 is 1.45 bits per heavy atom. The van der Waals surface area contributed by atoms with Crippen molar-refractivity contribution in [3.63, 3.8) is 0 Å². The van der Waals surface area contributed by atoms with Gasteiger partial charge >= 0.3 is 5.97 Å². The maximum atomic E-state index is 12.7. The summed E-state index contributed by atoms with van der Waals surface area (Å²) in [6, 6.07) is 38.0. The minimum absolute atomic E-state index is 0.0314. The molecule has 10 nitrogen and oxygen atoms in total. The molecule has 6 N–H and O–H groups in total. The van der Waals surface area contributed by atoms with Crippen LogP contribution in [0.4, 0.5) is 11.4 Å². The second kappa shape index (κ2) is 19.9. The van der Waals surface area contributed by atoms with Crippen molar-refractivity contribution >= 4 is 40.9 Å². The molecule has 11 heteroatoms. The van der Waals surface area contributed by atoms with E-state index in [1.54, 1.807) is 36.0 Å². The molecule has 0 bridgehead atoms. The van der Waals surface area contributed by atoms with Crippen LogP contribution in [0.2, 0.25) is 0 Å². The molecule has 56 heavy (non-hydrogen) atoms. The molecule has 2 amide bonds. The van der Waals surface area contributed by atoms with Crippen LogP contribution in [0.3, 0.4) is 0 Å². The Morgan fingerprint density at radius 3 is 2.18 bits per heavy atom. The average molecular weight is 774 g/mol. The smallest absolute Gasteiger partial charge is 0.335 e. The molecule has 0 aromatic heterocycles. The number of aliphatic hydroxyl groups is 1. The molecule has 1 saturated heterocycles. The summed E-state index contributed by atoms with van der Waals surface area (Å²) in [7, 11) is 0. The lowest BCUT2D eigenvalue weighted by Gasteiger charge is -2.36. The third-order valence-corrected chi connectivity index (χ3v) is 10.7. The molecular weight excluding hydrogens is 727 g/mol. The first-order chi connectivity index (χ1) is 27.2. The second-order valence-corrected chi connectivity index (χ2v) is 14.9. The SMILES string of the molecule is Nc1ccccc1NC(=O)CCCCCC(=O)NCc1cccc(-c2cccc(C3OC(CSc4ccc(C(=O)O)cc4)CC(c4ccc(CO)cc4)O3)c2)c1. The number of rotatable bonds is 17. The molecule has 290 valence electrons. The number of amides is 2. The van der Waals surface area contributed by atoms with Crippen LogP contribution in [0.25, 0.3) is 11.1 Å². The van der Waals surface area contributed by atoms with E-state index in [1.165, 1.54) is 0 Å². The lowest BCUT2D eigenvalue weighted by molar-refractivity contribution is -0.245. The number of benzene rings is 5. The Morgan fingerprint density at radius 1 is 0.732 bits per heavy atom. The van der Waals surface area contributed by atoms with E-state index >= 15 is 0 Å². The molecule has 5 aromatic rings. The minimum atomic E-state index is -0.956. The van der Waals surface area contributed by atoms with Crippen LogP contribution in [0.15, 0.2) is 126 Å². The number of carbonyl (C=O) groups excluding carboxylic acids is 2. The summed E-state index contributed by atoms with van der Waals surface area (Å²) < 4.78 is 13.2. The number of carboxylic acid groups (broad SMARTS) is 1. The van der Waals surface area contributed by atoms with Crippen LogP contribution in [0, 0.1) is 0 Å². The normalized spacial score (nSPS) is 16.6. The van der Waals surface area contributed by atoms with Crippen molar-refractivity contribution in [2.75, 3.05) is 16.8 Å². The van der Waals surface area contributed by atoms with Crippen LogP contribution in [0.1, 0.15) is 83.5 Å². The zero-order chi connectivity index (χ0) is 39.3. The third kappa shape index (κ3) is 11.5. The first-order valence-electron chi connectivity index (χ1n) is 18.8. The predicted octanol–water partition coefficient (Wildman–Crippen LogP) is 8.67. The van der Waals surface area contributed by atoms with Gasteiger partial charge in [0.25, 0.3) is 0 Å². The molecule has 5 aromatic carbocycles. The van der Waals surface area contributed by atoms with Gasteiger partial charge < -0.3 is 36.1 Å². The molecule has 3 atom stereocenters. The zero-order valence-corrected chi connectivity index (χ0v) is 31.9. The van der Waals surface area contributed by atoms with Crippen molar-refractivity contribution < 1.29 is 34.1 Å². The molecule has 3 unspecified atom stereocenters. The highest BCUT2D eigenvalue weighted by atomic mass is 32.2. The van der Waals surface area contributed by atoms with Crippen LogP contribution in [0.5, 0.6) is 0 Å². The molecule has 1 heterocycles. The van der Waals surface area contributed by atoms with E-state index in [9.17, 15) is 24.6 Å². The quantitative estimate of drug-likeness (QED) is 0.0354. The number of carboxylic acids is 1. The molecule has 0 aliphatic carbocycles. The van der Waals surface area contributed by atoms with E-state index < -0.39 is 12.3 Å².